The van der Waals surface area contributed by atoms with E-state index in [0.29, 0.717) is 12.8 Å². The molecule has 0 aromatic carbocycles. The van der Waals surface area contributed by atoms with Crippen molar-refractivity contribution in [3.05, 3.63) is 11.7 Å². The zero-order chi connectivity index (χ0) is 12.0. The zero-order valence-electron chi connectivity index (χ0n) is 8.76. The van der Waals surface area contributed by atoms with Crippen LogP contribution in [-0.4, -0.2) is 37.9 Å². The Morgan fingerprint density at radius 1 is 1.50 bits per heavy atom. The topological polar surface area (TPSA) is 99.4 Å². The van der Waals surface area contributed by atoms with Crippen LogP contribution in [0.5, 0.6) is 0 Å². The van der Waals surface area contributed by atoms with Gasteiger partial charge in [0.05, 0.1) is 7.11 Å². The van der Waals surface area contributed by atoms with E-state index in [9.17, 15) is 13.2 Å². The summed E-state index contributed by atoms with van der Waals surface area (Å²) in [5.74, 6) is -1.04. The molecule has 1 heterocycles. The van der Waals surface area contributed by atoms with Crippen molar-refractivity contribution in [1.29, 1.82) is 0 Å². The van der Waals surface area contributed by atoms with Crippen molar-refractivity contribution < 1.29 is 22.5 Å². The smallest absolute Gasteiger partial charge is 0.379 e. The first-order valence-corrected chi connectivity index (χ1v) is 6.42. The predicted molar refractivity (Wildman–Crippen MR) is 51.4 cm³/mol. The number of sulfone groups is 1. The molecule has 16 heavy (non-hydrogen) atoms. The Labute approximate surface area is 91.7 Å². The molecule has 88 valence electrons. The third-order valence-corrected chi connectivity index (χ3v) is 4.60. The van der Waals surface area contributed by atoms with Crippen molar-refractivity contribution >= 4 is 15.8 Å². The number of hydrogen-bond donors (Lipinski definition) is 0. The predicted octanol–water partition coefficient (Wildman–Crippen LogP) is -0.110. The lowest BCUT2D eigenvalue weighted by Gasteiger charge is -2.05. The van der Waals surface area contributed by atoms with Gasteiger partial charge in [-0.1, -0.05) is 0 Å². The molecule has 7 nitrogen and oxygen atoms in total. The van der Waals surface area contributed by atoms with E-state index in [-0.39, 0.29) is 11.7 Å². The first-order valence-electron chi connectivity index (χ1n) is 4.53. The maximum atomic E-state index is 11.5. The Morgan fingerprint density at radius 2 is 2.12 bits per heavy atom. The van der Waals surface area contributed by atoms with Gasteiger partial charge in [-0.3, -0.25) is 0 Å². The highest BCUT2D eigenvalue weighted by molar-refractivity contribution is 7.91. The summed E-state index contributed by atoms with van der Waals surface area (Å²) in [5, 5.41) is 3.38. The first kappa shape index (κ1) is 11.1. The molecule has 0 bridgehead atoms. The lowest BCUT2D eigenvalue weighted by atomic mass is 10.4. The third-order valence-electron chi connectivity index (χ3n) is 2.60. The highest BCUT2D eigenvalue weighted by Crippen LogP contribution is 2.51. The molecule has 1 aromatic rings. The monoisotopic (exact) mass is 246 g/mol. The van der Waals surface area contributed by atoms with Crippen LogP contribution in [-0.2, 0) is 19.3 Å². The number of aromatic nitrogens is 2. The summed E-state index contributed by atoms with van der Waals surface area (Å²) >= 11 is 0. The van der Waals surface area contributed by atoms with E-state index < -0.39 is 20.6 Å². The average molecular weight is 246 g/mol. The van der Waals surface area contributed by atoms with E-state index in [0.717, 1.165) is 6.26 Å². The van der Waals surface area contributed by atoms with E-state index in [1.807, 2.05) is 0 Å². The van der Waals surface area contributed by atoms with Gasteiger partial charge in [-0.25, -0.2) is 13.2 Å². The van der Waals surface area contributed by atoms with Gasteiger partial charge in [0.15, 0.2) is 14.6 Å². The average Bonchev–Trinajstić information content (AvgIpc) is 2.90. The van der Waals surface area contributed by atoms with Gasteiger partial charge >= 0.3 is 5.97 Å². The minimum absolute atomic E-state index is 0.0320. The molecule has 0 atom stereocenters. The van der Waals surface area contributed by atoms with E-state index in [2.05, 4.69) is 14.9 Å². The number of methoxy groups -OCH3 is 1. The highest BCUT2D eigenvalue weighted by Gasteiger charge is 2.58. The Hall–Kier alpha value is -1.44. The Kier molecular flexibility index (Phi) is 2.26. The summed E-state index contributed by atoms with van der Waals surface area (Å²) in [6, 6.07) is 0. The Balaban J connectivity index is 2.37. The fourth-order valence-corrected chi connectivity index (χ4v) is 2.68. The zero-order valence-corrected chi connectivity index (χ0v) is 9.57. The quantitative estimate of drug-likeness (QED) is 0.686. The summed E-state index contributed by atoms with van der Waals surface area (Å²) in [4.78, 5) is 14.8. The largest absolute Gasteiger partial charge is 0.463 e. The Bertz CT molecular complexity index is 528. The number of nitrogens with zero attached hydrogens (tertiary/aromatic N) is 2. The molecule has 0 aliphatic heterocycles. The van der Waals surface area contributed by atoms with E-state index in [4.69, 9.17) is 4.52 Å². The number of ether oxygens (including phenoxy) is 1. The first-order chi connectivity index (χ1) is 7.40. The lowest BCUT2D eigenvalue weighted by Crippen LogP contribution is -2.20. The van der Waals surface area contributed by atoms with Crippen molar-refractivity contribution in [2.75, 3.05) is 13.4 Å². The van der Waals surface area contributed by atoms with Crippen molar-refractivity contribution in [3.8, 4) is 0 Å². The van der Waals surface area contributed by atoms with Gasteiger partial charge in [0, 0.05) is 6.26 Å². The van der Waals surface area contributed by atoms with Crippen LogP contribution in [0.15, 0.2) is 4.52 Å². The van der Waals surface area contributed by atoms with Gasteiger partial charge in [-0.05, 0) is 18.0 Å². The fourth-order valence-electron chi connectivity index (χ4n) is 1.44. The third kappa shape index (κ3) is 1.49. The van der Waals surface area contributed by atoms with Gasteiger partial charge < -0.3 is 9.26 Å². The second-order valence-electron chi connectivity index (χ2n) is 3.68. The summed E-state index contributed by atoms with van der Waals surface area (Å²) in [5.41, 5.74) is 0. The van der Waals surface area contributed by atoms with Gasteiger partial charge in [0.1, 0.15) is 0 Å². The number of carbonyl (C=O) groups excluding carboxylic acids is 1. The summed E-state index contributed by atoms with van der Waals surface area (Å²) in [6.07, 6.45) is 1.99. The van der Waals surface area contributed by atoms with Gasteiger partial charge in [0.25, 0.3) is 5.82 Å². The standard InChI is InChI=1S/C8H10N2O5S/c1-14-6(11)5-9-7(15-10-5)8(3-4-8)16(2,12)13/h3-4H2,1-2H3. The number of hydrogen-bond acceptors (Lipinski definition) is 7. The van der Waals surface area contributed by atoms with Crippen LogP contribution in [0, 0.1) is 0 Å². The van der Waals surface area contributed by atoms with Gasteiger partial charge in [0.2, 0.25) is 5.89 Å². The normalized spacial score (nSPS) is 18.1. The highest BCUT2D eigenvalue weighted by atomic mass is 32.2. The summed E-state index contributed by atoms with van der Waals surface area (Å²) in [7, 11) is -2.13. The van der Waals surface area contributed by atoms with Crippen LogP contribution in [0.1, 0.15) is 29.4 Å². The molecule has 0 radical (unpaired) electrons. The molecule has 1 aromatic heterocycles. The second kappa shape index (κ2) is 3.27. The molecular weight excluding hydrogens is 236 g/mol. The minimum atomic E-state index is -3.31. The molecule has 0 spiro atoms. The van der Waals surface area contributed by atoms with Crippen molar-refractivity contribution in [1.82, 2.24) is 10.1 Å². The van der Waals surface area contributed by atoms with Crippen molar-refractivity contribution in [2.24, 2.45) is 0 Å². The SMILES string of the molecule is COC(=O)c1noc(C2(S(C)(=O)=O)CC2)n1. The maximum absolute atomic E-state index is 11.5. The second-order valence-corrected chi connectivity index (χ2v) is 6.01. The molecule has 0 saturated heterocycles. The molecule has 0 amide bonds. The van der Waals surface area contributed by atoms with Crippen LogP contribution >= 0.6 is 0 Å². The summed E-state index contributed by atoms with van der Waals surface area (Å²) < 4.78 is 31.1. The van der Waals surface area contributed by atoms with Crippen molar-refractivity contribution in [2.45, 2.75) is 17.6 Å². The molecular formula is C8H10N2O5S. The fraction of sp³-hybridized carbons (Fsp3) is 0.625. The molecule has 0 unspecified atom stereocenters. The van der Waals surface area contributed by atoms with Crippen LogP contribution in [0.2, 0.25) is 0 Å². The van der Waals surface area contributed by atoms with E-state index >= 15 is 0 Å². The van der Waals surface area contributed by atoms with Gasteiger partial charge in [-0.2, -0.15) is 4.98 Å². The molecule has 2 rings (SSSR count). The van der Waals surface area contributed by atoms with E-state index in [1.54, 1.807) is 0 Å². The molecule has 1 saturated carbocycles. The van der Waals surface area contributed by atoms with E-state index in [1.165, 1.54) is 7.11 Å². The molecule has 1 fully saturated rings. The maximum Gasteiger partial charge on any atom is 0.379 e. The number of esters is 1. The van der Waals surface area contributed by atoms with Crippen LogP contribution in [0.4, 0.5) is 0 Å². The van der Waals surface area contributed by atoms with Crippen LogP contribution in [0.25, 0.3) is 0 Å². The molecule has 0 N–H and O–H groups in total. The van der Waals surface area contributed by atoms with Crippen LogP contribution in [0.3, 0.4) is 0 Å². The Morgan fingerprint density at radius 3 is 2.56 bits per heavy atom. The van der Waals surface area contributed by atoms with Crippen LogP contribution < -0.4 is 0 Å². The molecule has 8 heteroatoms. The minimum Gasteiger partial charge on any atom is -0.463 e. The molecule has 1 aliphatic carbocycles. The number of carbonyl (C=O) groups is 1. The lowest BCUT2D eigenvalue weighted by molar-refractivity contribution is 0.0583. The summed E-state index contributed by atoms with van der Waals surface area (Å²) in [6.45, 7) is 0. The van der Waals surface area contributed by atoms with Gasteiger partial charge in [-0.15, -0.1) is 0 Å². The molecule has 1 aliphatic rings. The number of rotatable bonds is 3. The van der Waals surface area contributed by atoms with Crippen molar-refractivity contribution in [3.63, 3.8) is 0 Å².